The molecule has 0 atom stereocenters. The highest BCUT2D eigenvalue weighted by Crippen LogP contribution is 2.30. The van der Waals surface area contributed by atoms with Crippen molar-refractivity contribution < 1.29 is 27.1 Å². The van der Waals surface area contributed by atoms with Crippen molar-refractivity contribution in [1.29, 1.82) is 0 Å². The number of nitrogens with zero attached hydrogens (tertiary/aromatic N) is 3. The number of likely N-dealkylation sites (tertiary alicyclic amines) is 2. The lowest BCUT2D eigenvalue weighted by Gasteiger charge is -2.39. The molecule has 0 aliphatic carbocycles. The maximum atomic E-state index is 14.7. The summed E-state index contributed by atoms with van der Waals surface area (Å²) in [5.74, 6) is -0.255. The number of benzene rings is 2. The molecule has 5 nitrogen and oxygen atoms in total. The number of aromatic nitrogens is 1. The normalized spacial score (nSPS) is 16.7. The first-order chi connectivity index (χ1) is 17.3. The number of amides is 1. The molecule has 188 valence electrons. The number of carbonyl (C=O) groups is 1. The van der Waals surface area contributed by atoms with Gasteiger partial charge < -0.3 is 9.64 Å². The van der Waals surface area contributed by atoms with E-state index in [1.807, 2.05) is 0 Å². The number of alkyl halides is 3. The van der Waals surface area contributed by atoms with Crippen LogP contribution in [0.4, 0.5) is 17.6 Å². The quantitative estimate of drug-likeness (QED) is 0.426. The van der Waals surface area contributed by atoms with E-state index >= 15 is 0 Å². The number of hydrogen-bond donors (Lipinski definition) is 0. The summed E-state index contributed by atoms with van der Waals surface area (Å²) in [6.45, 7) is 3.19. The Bertz CT molecular complexity index is 1220. The highest BCUT2D eigenvalue weighted by Gasteiger charge is 2.31. The van der Waals surface area contributed by atoms with Crippen LogP contribution in [0.1, 0.15) is 34.3 Å². The van der Waals surface area contributed by atoms with E-state index in [4.69, 9.17) is 4.74 Å². The van der Waals surface area contributed by atoms with Crippen LogP contribution in [0, 0.1) is 5.82 Å². The van der Waals surface area contributed by atoms with Gasteiger partial charge in [-0.05, 0) is 54.8 Å². The van der Waals surface area contributed by atoms with E-state index < -0.39 is 17.6 Å². The lowest BCUT2D eigenvalue weighted by Crippen LogP contribution is -2.53. The van der Waals surface area contributed by atoms with Crippen LogP contribution in [0.25, 0.3) is 11.3 Å². The number of pyridine rings is 1. The molecule has 0 unspecified atom stereocenters. The zero-order chi connectivity index (χ0) is 25.3. The van der Waals surface area contributed by atoms with E-state index in [0.29, 0.717) is 49.7 Å². The Morgan fingerprint density at radius 1 is 1.00 bits per heavy atom. The molecule has 0 bridgehead atoms. The number of hydrogen-bond acceptors (Lipinski definition) is 4. The molecule has 1 amide bonds. The topological polar surface area (TPSA) is 45.7 Å². The van der Waals surface area contributed by atoms with Crippen LogP contribution in [-0.4, -0.2) is 53.0 Å². The third-order valence-corrected chi connectivity index (χ3v) is 6.54. The van der Waals surface area contributed by atoms with Crippen molar-refractivity contribution in [3.8, 4) is 17.0 Å². The molecule has 36 heavy (non-hydrogen) atoms. The van der Waals surface area contributed by atoms with E-state index in [1.165, 1.54) is 24.3 Å². The summed E-state index contributed by atoms with van der Waals surface area (Å²) < 4.78 is 58.7. The molecule has 3 aromatic rings. The molecule has 1 aromatic heterocycles. The van der Waals surface area contributed by atoms with Crippen molar-refractivity contribution in [2.24, 2.45) is 0 Å². The lowest BCUT2D eigenvalue weighted by atomic mass is 10.1. The predicted molar refractivity (Wildman–Crippen MR) is 126 cm³/mol. The molecule has 9 heteroatoms. The molecular formula is C27H25F4N3O2. The summed E-state index contributed by atoms with van der Waals surface area (Å²) in [6.07, 6.45) is -0.902. The lowest BCUT2D eigenvalue weighted by molar-refractivity contribution is -0.137. The Kier molecular flexibility index (Phi) is 6.66. The molecular weight excluding hydrogens is 474 g/mol. The van der Waals surface area contributed by atoms with Crippen LogP contribution in [-0.2, 0) is 12.7 Å². The third kappa shape index (κ3) is 5.36. The molecule has 0 spiro atoms. The Morgan fingerprint density at radius 2 is 1.72 bits per heavy atom. The average Bonchev–Trinajstić information content (AvgIpc) is 3.37. The van der Waals surface area contributed by atoms with E-state index in [-0.39, 0.29) is 17.6 Å². The van der Waals surface area contributed by atoms with E-state index in [1.54, 1.807) is 29.3 Å². The highest BCUT2D eigenvalue weighted by atomic mass is 19.4. The molecule has 2 fully saturated rings. The summed E-state index contributed by atoms with van der Waals surface area (Å²) in [5, 5.41) is 0. The van der Waals surface area contributed by atoms with Crippen molar-refractivity contribution in [2.75, 3.05) is 26.2 Å². The first-order valence-electron chi connectivity index (χ1n) is 11.9. The second-order valence-corrected chi connectivity index (χ2v) is 9.20. The van der Waals surface area contributed by atoms with Gasteiger partial charge in [0.2, 0.25) is 0 Å². The second-order valence-electron chi connectivity index (χ2n) is 9.20. The molecule has 2 aliphatic rings. The molecule has 5 rings (SSSR count). The molecule has 0 saturated carbocycles. The van der Waals surface area contributed by atoms with Gasteiger partial charge in [-0.1, -0.05) is 18.2 Å². The number of ether oxygens (including phenoxy) is 1. The summed E-state index contributed by atoms with van der Waals surface area (Å²) >= 11 is 0. The monoisotopic (exact) mass is 499 g/mol. The minimum Gasteiger partial charge on any atom is -0.486 e. The fourth-order valence-electron chi connectivity index (χ4n) is 4.54. The van der Waals surface area contributed by atoms with Gasteiger partial charge in [0.25, 0.3) is 5.91 Å². The Balaban J connectivity index is 1.13. The van der Waals surface area contributed by atoms with Crippen LogP contribution in [0.2, 0.25) is 0 Å². The summed E-state index contributed by atoms with van der Waals surface area (Å²) in [7, 11) is 0. The standard InChI is InChI=1S/C27H25F4N3O2/c28-24-13-19(5-9-23(24)26(35)34-11-1-2-12-34)25-10-8-21(14-32-25)36-22-16-33(17-22)15-18-3-6-20(7-4-18)27(29,30)31/h3-10,13-14,22H,1-2,11-12,15-17H2. The van der Waals surface area contributed by atoms with Gasteiger partial charge in [0.05, 0.1) is 23.0 Å². The number of halogens is 4. The van der Waals surface area contributed by atoms with Gasteiger partial charge in [-0.15, -0.1) is 0 Å². The summed E-state index contributed by atoms with van der Waals surface area (Å²) in [4.78, 5) is 20.6. The smallest absolute Gasteiger partial charge is 0.416 e. The summed E-state index contributed by atoms with van der Waals surface area (Å²) in [5.41, 5.74) is 1.38. The van der Waals surface area contributed by atoms with Crippen LogP contribution >= 0.6 is 0 Å². The zero-order valence-electron chi connectivity index (χ0n) is 19.5. The molecule has 0 N–H and O–H groups in total. The van der Waals surface area contributed by atoms with Crippen LogP contribution in [0.5, 0.6) is 5.75 Å². The van der Waals surface area contributed by atoms with Crippen LogP contribution in [0.3, 0.4) is 0 Å². The molecule has 0 radical (unpaired) electrons. The van der Waals surface area contributed by atoms with Crippen molar-refractivity contribution in [2.45, 2.75) is 31.7 Å². The molecule has 2 aliphatic heterocycles. The van der Waals surface area contributed by atoms with Gasteiger partial charge in [0.15, 0.2) is 0 Å². The van der Waals surface area contributed by atoms with Gasteiger partial charge >= 0.3 is 6.18 Å². The van der Waals surface area contributed by atoms with Gasteiger partial charge in [0, 0.05) is 38.3 Å². The molecule has 3 heterocycles. The second kappa shape index (κ2) is 9.89. The van der Waals surface area contributed by atoms with Crippen molar-refractivity contribution in [1.82, 2.24) is 14.8 Å². The first kappa shape index (κ1) is 24.2. The Labute approximate surface area is 206 Å². The van der Waals surface area contributed by atoms with Crippen molar-refractivity contribution in [3.63, 3.8) is 0 Å². The minimum atomic E-state index is -4.33. The SMILES string of the molecule is O=C(c1ccc(-c2ccc(OC3CN(Cc4ccc(C(F)(F)F)cc4)C3)cn2)cc1F)N1CCCC1. The summed E-state index contributed by atoms with van der Waals surface area (Å²) in [6, 6.07) is 13.2. The van der Waals surface area contributed by atoms with Gasteiger partial charge in [-0.2, -0.15) is 13.2 Å². The van der Waals surface area contributed by atoms with E-state index in [2.05, 4.69) is 9.88 Å². The average molecular weight is 500 g/mol. The van der Waals surface area contributed by atoms with Gasteiger partial charge in [-0.3, -0.25) is 14.7 Å². The predicted octanol–water partition coefficient (Wildman–Crippen LogP) is 5.41. The van der Waals surface area contributed by atoms with E-state index in [9.17, 15) is 22.4 Å². The van der Waals surface area contributed by atoms with Gasteiger partial charge in [-0.25, -0.2) is 4.39 Å². The Hall–Kier alpha value is -3.46. The largest absolute Gasteiger partial charge is 0.486 e. The van der Waals surface area contributed by atoms with Crippen molar-refractivity contribution in [3.05, 3.63) is 83.3 Å². The van der Waals surface area contributed by atoms with Crippen molar-refractivity contribution >= 4 is 5.91 Å². The number of rotatable bonds is 6. The minimum absolute atomic E-state index is 0.0413. The fraction of sp³-hybridized carbons (Fsp3) is 0.333. The third-order valence-electron chi connectivity index (χ3n) is 6.54. The van der Waals surface area contributed by atoms with Gasteiger partial charge in [0.1, 0.15) is 17.7 Å². The maximum absolute atomic E-state index is 14.7. The maximum Gasteiger partial charge on any atom is 0.416 e. The molecule has 2 aromatic carbocycles. The van der Waals surface area contributed by atoms with E-state index in [0.717, 1.165) is 30.5 Å². The first-order valence-corrected chi connectivity index (χ1v) is 11.9. The Morgan fingerprint density at radius 3 is 2.33 bits per heavy atom. The van der Waals surface area contributed by atoms with Crippen LogP contribution in [0.15, 0.2) is 60.8 Å². The zero-order valence-corrected chi connectivity index (χ0v) is 19.5. The highest BCUT2D eigenvalue weighted by molar-refractivity contribution is 5.95. The van der Waals surface area contributed by atoms with Crippen LogP contribution < -0.4 is 4.74 Å². The number of carbonyl (C=O) groups excluding carboxylic acids is 1. The molecule has 2 saturated heterocycles. The fourth-order valence-corrected chi connectivity index (χ4v) is 4.54.